The van der Waals surface area contributed by atoms with Crippen LogP contribution in [0.5, 0.6) is 0 Å². The van der Waals surface area contributed by atoms with Crippen LogP contribution in [0.4, 0.5) is 0 Å². The first-order valence-corrected chi connectivity index (χ1v) is 2.32. The Morgan fingerprint density at radius 3 is 3.12 bits per heavy atom. The van der Waals surface area contributed by atoms with Crippen LogP contribution in [0.2, 0.25) is 0 Å². The van der Waals surface area contributed by atoms with Crippen LogP contribution >= 0.6 is 0 Å². The molecule has 44 valence electrons. The van der Waals surface area contributed by atoms with Crippen molar-refractivity contribution in [1.82, 2.24) is 4.98 Å². The molecule has 1 heterocycles. The number of H-pyrrole nitrogens is 1. The van der Waals surface area contributed by atoms with Crippen LogP contribution in [0.15, 0.2) is 18.3 Å². The Hall–Kier alpha value is -0.800. The molecular formula is C5H7NO2. The fourth-order valence-corrected chi connectivity index (χ4v) is 0.527. The average Bonchev–Trinajstić information content (AvgIpc) is 2.19. The van der Waals surface area contributed by atoms with Crippen LogP contribution in [0.3, 0.4) is 0 Å². The van der Waals surface area contributed by atoms with Gasteiger partial charge in [0.1, 0.15) is 6.61 Å². The second-order valence-corrected chi connectivity index (χ2v) is 1.47. The minimum Gasteiger partial charge on any atom is -0.363 e. The van der Waals surface area contributed by atoms with E-state index in [1.165, 1.54) is 0 Å². The summed E-state index contributed by atoms with van der Waals surface area (Å²) in [6.07, 6.45) is 1.77. The largest absolute Gasteiger partial charge is 0.363 e. The quantitative estimate of drug-likeness (QED) is 0.444. The zero-order valence-electron chi connectivity index (χ0n) is 4.29. The zero-order chi connectivity index (χ0) is 5.82. The van der Waals surface area contributed by atoms with Crippen molar-refractivity contribution < 1.29 is 10.1 Å². The van der Waals surface area contributed by atoms with Gasteiger partial charge in [0.05, 0.1) is 0 Å². The summed E-state index contributed by atoms with van der Waals surface area (Å²) in [5, 5.41) is 7.92. The summed E-state index contributed by atoms with van der Waals surface area (Å²) in [7, 11) is 0. The molecule has 0 aliphatic heterocycles. The lowest BCUT2D eigenvalue weighted by atomic mass is 10.5. The molecule has 1 aromatic heterocycles. The summed E-state index contributed by atoms with van der Waals surface area (Å²) in [6.45, 7) is 0.229. The molecule has 0 fully saturated rings. The van der Waals surface area contributed by atoms with E-state index >= 15 is 0 Å². The molecule has 0 saturated heterocycles. The minimum atomic E-state index is 0.229. The maximum atomic E-state index is 7.92. The third-order valence-electron chi connectivity index (χ3n) is 0.882. The standard InChI is InChI=1S/C5H7NO2/c7-8-4-5-2-1-3-6-5/h1-3,6-7H,4H2. The summed E-state index contributed by atoms with van der Waals surface area (Å²) >= 11 is 0. The summed E-state index contributed by atoms with van der Waals surface area (Å²) < 4.78 is 0. The number of aromatic nitrogens is 1. The van der Waals surface area contributed by atoms with E-state index in [9.17, 15) is 0 Å². The van der Waals surface area contributed by atoms with Gasteiger partial charge in [0.25, 0.3) is 0 Å². The molecule has 8 heavy (non-hydrogen) atoms. The number of hydrogen-bond donors (Lipinski definition) is 2. The van der Waals surface area contributed by atoms with Crippen LogP contribution in [-0.4, -0.2) is 10.2 Å². The second kappa shape index (κ2) is 2.49. The van der Waals surface area contributed by atoms with E-state index < -0.39 is 0 Å². The van der Waals surface area contributed by atoms with Crippen LogP contribution in [-0.2, 0) is 11.5 Å². The highest BCUT2D eigenvalue weighted by atomic mass is 17.1. The molecule has 0 aromatic carbocycles. The maximum Gasteiger partial charge on any atom is 0.122 e. The molecule has 1 rings (SSSR count). The summed E-state index contributed by atoms with van der Waals surface area (Å²) in [5.41, 5.74) is 0.868. The highest BCUT2D eigenvalue weighted by molar-refractivity contribution is 5.01. The van der Waals surface area contributed by atoms with E-state index in [4.69, 9.17) is 5.26 Å². The van der Waals surface area contributed by atoms with Gasteiger partial charge in [-0.1, -0.05) is 0 Å². The monoisotopic (exact) mass is 113 g/mol. The lowest BCUT2D eigenvalue weighted by molar-refractivity contribution is -0.253. The molecule has 3 nitrogen and oxygen atoms in total. The van der Waals surface area contributed by atoms with Crippen LogP contribution in [0, 0.1) is 0 Å². The third kappa shape index (κ3) is 1.08. The van der Waals surface area contributed by atoms with Crippen molar-refractivity contribution in [3.8, 4) is 0 Å². The van der Waals surface area contributed by atoms with Gasteiger partial charge in [0, 0.05) is 11.9 Å². The van der Waals surface area contributed by atoms with E-state index in [0.29, 0.717) is 0 Å². The molecule has 0 aliphatic carbocycles. The molecule has 0 amide bonds. The molecule has 0 aliphatic rings. The molecule has 2 N–H and O–H groups in total. The van der Waals surface area contributed by atoms with E-state index in [0.717, 1.165) is 5.69 Å². The van der Waals surface area contributed by atoms with Gasteiger partial charge in [-0.3, -0.25) is 5.26 Å². The lowest BCUT2D eigenvalue weighted by Gasteiger charge is -1.88. The highest BCUT2D eigenvalue weighted by Gasteiger charge is 1.87. The van der Waals surface area contributed by atoms with Gasteiger partial charge in [-0.2, -0.15) is 0 Å². The molecule has 0 atom stereocenters. The fourth-order valence-electron chi connectivity index (χ4n) is 0.527. The first-order chi connectivity index (χ1) is 3.93. The fraction of sp³-hybridized carbons (Fsp3) is 0.200. The molecule has 3 heteroatoms. The van der Waals surface area contributed by atoms with Crippen molar-refractivity contribution in [2.45, 2.75) is 6.61 Å². The van der Waals surface area contributed by atoms with Crippen molar-refractivity contribution >= 4 is 0 Å². The third-order valence-corrected chi connectivity index (χ3v) is 0.882. The van der Waals surface area contributed by atoms with Crippen LogP contribution in [0.25, 0.3) is 0 Å². The Balaban J connectivity index is 2.50. The van der Waals surface area contributed by atoms with Gasteiger partial charge in [-0.25, -0.2) is 4.89 Å². The molecule has 0 unspecified atom stereocenters. The first kappa shape index (κ1) is 5.34. The molecule has 0 radical (unpaired) electrons. The minimum absolute atomic E-state index is 0.229. The van der Waals surface area contributed by atoms with E-state index in [2.05, 4.69) is 9.87 Å². The smallest absolute Gasteiger partial charge is 0.122 e. The Morgan fingerprint density at radius 1 is 1.75 bits per heavy atom. The van der Waals surface area contributed by atoms with Gasteiger partial charge in [0.15, 0.2) is 0 Å². The number of rotatable bonds is 2. The number of aromatic amines is 1. The average molecular weight is 113 g/mol. The van der Waals surface area contributed by atoms with Crippen molar-refractivity contribution in [1.29, 1.82) is 0 Å². The van der Waals surface area contributed by atoms with Crippen molar-refractivity contribution in [3.63, 3.8) is 0 Å². The Bertz CT molecular complexity index is 136. The molecule has 1 aromatic rings. The Labute approximate surface area is 46.8 Å². The Morgan fingerprint density at radius 2 is 2.62 bits per heavy atom. The van der Waals surface area contributed by atoms with Gasteiger partial charge in [-0.05, 0) is 12.1 Å². The summed E-state index contributed by atoms with van der Waals surface area (Å²) in [4.78, 5) is 6.71. The van der Waals surface area contributed by atoms with Crippen LogP contribution in [0.1, 0.15) is 5.69 Å². The lowest BCUT2D eigenvalue weighted by Crippen LogP contribution is -1.85. The predicted octanol–water partition coefficient (Wildman–Crippen LogP) is 1.00. The van der Waals surface area contributed by atoms with Crippen molar-refractivity contribution in [2.24, 2.45) is 0 Å². The van der Waals surface area contributed by atoms with Gasteiger partial charge >= 0.3 is 0 Å². The zero-order valence-corrected chi connectivity index (χ0v) is 4.29. The SMILES string of the molecule is OOCc1ccc[nH]1. The predicted molar refractivity (Wildman–Crippen MR) is 28.2 cm³/mol. The number of nitrogens with one attached hydrogen (secondary N) is 1. The topological polar surface area (TPSA) is 45.2 Å². The van der Waals surface area contributed by atoms with Crippen LogP contribution < -0.4 is 0 Å². The number of hydrogen-bond acceptors (Lipinski definition) is 2. The van der Waals surface area contributed by atoms with E-state index in [1.807, 2.05) is 12.1 Å². The maximum absolute atomic E-state index is 7.92. The van der Waals surface area contributed by atoms with E-state index in [-0.39, 0.29) is 6.61 Å². The summed E-state index contributed by atoms with van der Waals surface area (Å²) in [5.74, 6) is 0. The Kier molecular flexibility index (Phi) is 1.66. The van der Waals surface area contributed by atoms with Gasteiger partial charge in [-0.15, -0.1) is 0 Å². The normalized spacial score (nSPS) is 9.62. The van der Waals surface area contributed by atoms with Crippen molar-refractivity contribution in [2.75, 3.05) is 0 Å². The van der Waals surface area contributed by atoms with Gasteiger partial charge < -0.3 is 4.98 Å². The highest BCUT2D eigenvalue weighted by Crippen LogP contribution is 1.93. The molecule has 0 saturated carbocycles. The van der Waals surface area contributed by atoms with Gasteiger partial charge in [0.2, 0.25) is 0 Å². The molecular weight excluding hydrogens is 106 g/mol. The second-order valence-electron chi connectivity index (χ2n) is 1.47. The summed E-state index contributed by atoms with van der Waals surface area (Å²) in [6, 6.07) is 3.67. The first-order valence-electron chi connectivity index (χ1n) is 2.32. The molecule has 0 spiro atoms. The van der Waals surface area contributed by atoms with E-state index in [1.54, 1.807) is 6.20 Å². The van der Waals surface area contributed by atoms with Crippen molar-refractivity contribution in [3.05, 3.63) is 24.0 Å². The molecule has 0 bridgehead atoms.